The van der Waals surface area contributed by atoms with Gasteiger partial charge >= 0.3 is 0 Å². The zero-order chi connectivity index (χ0) is 21.1. The van der Waals surface area contributed by atoms with Gasteiger partial charge in [0.25, 0.3) is 11.5 Å². The van der Waals surface area contributed by atoms with E-state index in [-0.39, 0.29) is 11.5 Å². The number of fused-ring (bicyclic) bond motifs is 1. The summed E-state index contributed by atoms with van der Waals surface area (Å²) in [5.74, 6) is -0.146. The molecular weight excluding hydrogens is 402 g/mol. The summed E-state index contributed by atoms with van der Waals surface area (Å²) in [5.41, 5.74) is 2.88. The van der Waals surface area contributed by atoms with Crippen molar-refractivity contribution < 1.29 is 4.79 Å². The number of aromatic nitrogens is 4. The van der Waals surface area contributed by atoms with E-state index in [0.717, 1.165) is 11.1 Å². The number of hydrogen-bond donors (Lipinski definition) is 1. The molecule has 1 amide bonds. The lowest BCUT2D eigenvalue weighted by molar-refractivity contribution is 0.0952. The summed E-state index contributed by atoms with van der Waals surface area (Å²) >= 11 is 6.02. The third-order valence-corrected chi connectivity index (χ3v) is 4.99. The van der Waals surface area contributed by atoms with Crippen LogP contribution >= 0.6 is 11.6 Å². The number of halogens is 1. The molecule has 8 heteroatoms. The van der Waals surface area contributed by atoms with Gasteiger partial charge < -0.3 is 5.32 Å². The molecule has 2 heterocycles. The molecule has 0 saturated carbocycles. The van der Waals surface area contributed by atoms with Gasteiger partial charge in [0, 0.05) is 17.1 Å². The van der Waals surface area contributed by atoms with Gasteiger partial charge in [-0.1, -0.05) is 41.4 Å². The number of nitrogens with zero attached hydrogens (tertiary/aromatic N) is 4. The molecule has 0 fully saturated rings. The van der Waals surface area contributed by atoms with E-state index in [2.05, 4.69) is 15.4 Å². The Balaban J connectivity index is 1.46. The van der Waals surface area contributed by atoms with Crippen LogP contribution in [0.15, 0.2) is 65.8 Å². The van der Waals surface area contributed by atoms with Gasteiger partial charge in [-0.15, -0.1) is 0 Å². The lowest BCUT2D eigenvalue weighted by Gasteiger charge is -2.08. The molecule has 0 spiro atoms. The molecule has 4 aromatic rings. The van der Waals surface area contributed by atoms with Crippen molar-refractivity contribution in [3.05, 3.63) is 93.1 Å². The molecule has 7 nitrogen and oxygen atoms in total. The Morgan fingerprint density at radius 2 is 2.00 bits per heavy atom. The molecule has 4 rings (SSSR count). The summed E-state index contributed by atoms with van der Waals surface area (Å²) in [6.45, 7) is 3.10. The fourth-order valence-electron chi connectivity index (χ4n) is 3.27. The van der Waals surface area contributed by atoms with Gasteiger partial charge in [-0.3, -0.25) is 14.2 Å². The molecule has 0 bridgehead atoms. The van der Waals surface area contributed by atoms with Crippen molar-refractivity contribution >= 4 is 28.5 Å². The third kappa shape index (κ3) is 4.26. The Bertz CT molecular complexity index is 1280. The van der Waals surface area contributed by atoms with Crippen LogP contribution in [0.4, 0.5) is 0 Å². The fraction of sp³-hybridized carbons (Fsp3) is 0.182. The summed E-state index contributed by atoms with van der Waals surface area (Å²) in [7, 11) is 0. The lowest BCUT2D eigenvalue weighted by atomic mass is 10.1. The van der Waals surface area contributed by atoms with Crippen molar-refractivity contribution in [2.45, 2.75) is 20.0 Å². The second kappa shape index (κ2) is 8.51. The Morgan fingerprint density at radius 1 is 1.17 bits per heavy atom. The first-order valence-electron chi connectivity index (χ1n) is 9.51. The van der Waals surface area contributed by atoms with E-state index in [0.29, 0.717) is 41.3 Å². The maximum absolute atomic E-state index is 12.8. The molecule has 0 aliphatic rings. The van der Waals surface area contributed by atoms with Crippen LogP contribution in [0.3, 0.4) is 0 Å². The number of benzene rings is 2. The van der Waals surface area contributed by atoms with Crippen molar-refractivity contribution in [3.63, 3.8) is 0 Å². The van der Waals surface area contributed by atoms with Crippen LogP contribution in [0.25, 0.3) is 11.0 Å². The third-order valence-electron chi connectivity index (χ3n) is 4.75. The second-order valence-electron chi connectivity index (χ2n) is 7.04. The average Bonchev–Trinajstić information content (AvgIpc) is 3.14. The molecule has 30 heavy (non-hydrogen) atoms. The van der Waals surface area contributed by atoms with E-state index >= 15 is 0 Å². The maximum Gasteiger partial charge on any atom is 0.264 e. The van der Waals surface area contributed by atoms with Gasteiger partial charge in [0.15, 0.2) is 5.65 Å². The summed E-state index contributed by atoms with van der Waals surface area (Å²) in [6.07, 6.45) is 3.02. The van der Waals surface area contributed by atoms with Crippen LogP contribution in [-0.2, 0) is 13.1 Å². The van der Waals surface area contributed by atoms with Gasteiger partial charge in [0.1, 0.15) is 11.7 Å². The molecule has 0 aliphatic carbocycles. The van der Waals surface area contributed by atoms with Gasteiger partial charge in [-0.05, 0) is 36.8 Å². The lowest BCUT2D eigenvalue weighted by Crippen LogP contribution is -2.27. The zero-order valence-corrected chi connectivity index (χ0v) is 17.1. The number of carbonyl (C=O) groups is 1. The van der Waals surface area contributed by atoms with E-state index < -0.39 is 0 Å². The van der Waals surface area contributed by atoms with E-state index in [1.165, 1.54) is 17.1 Å². The predicted octanol–water partition coefficient (Wildman–Crippen LogP) is 3.03. The Hall–Kier alpha value is -3.45. The smallest absolute Gasteiger partial charge is 0.264 e. The summed E-state index contributed by atoms with van der Waals surface area (Å²) in [4.78, 5) is 29.5. The first-order chi connectivity index (χ1) is 14.5. The zero-order valence-electron chi connectivity index (χ0n) is 16.4. The topological polar surface area (TPSA) is 81.8 Å². The van der Waals surface area contributed by atoms with Crippen LogP contribution < -0.4 is 10.9 Å². The number of rotatable bonds is 6. The Kier molecular flexibility index (Phi) is 5.63. The summed E-state index contributed by atoms with van der Waals surface area (Å²) in [6, 6.07) is 14.8. The van der Waals surface area contributed by atoms with Crippen LogP contribution in [0.5, 0.6) is 0 Å². The highest BCUT2D eigenvalue weighted by atomic mass is 35.5. The molecule has 0 aliphatic heterocycles. The second-order valence-corrected chi connectivity index (χ2v) is 7.47. The van der Waals surface area contributed by atoms with E-state index in [4.69, 9.17) is 11.6 Å². The van der Waals surface area contributed by atoms with Crippen molar-refractivity contribution in [1.82, 2.24) is 24.6 Å². The number of amides is 1. The van der Waals surface area contributed by atoms with E-state index in [1.807, 2.05) is 43.3 Å². The molecule has 0 radical (unpaired) electrons. The SMILES string of the molecule is Cc1cccc(C(=O)NCCn2ncc3c(=O)n(Cc4cccc(Cl)c4)cnc32)c1. The molecule has 2 aromatic carbocycles. The molecule has 0 unspecified atom stereocenters. The maximum atomic E-state index is 12.8. The molecule has 152 valence electrons. The number of aryl methyl sites for hydroxylation is 1. The Morgan fingerprint density at radius 3 is 2.80 bits per heavy atom. The summed E-state index contributed by atoms with van der Waals surface area (Å²) in [5, 5.41) is 8.20. The van der Waals surface area contributed by atoms with Crippen molar-refractivity contribution in [3.8, 4) is 0 Å². The van der Waals surface area contributed by atoms with Crippen LogP contribution in [0.2, 0.25) is 5.02 Å². The number of carbonyl (C=O) groups excluding carboxylic acids is 1. The fourth-order valence-corrected chi connectivity index (χ4v) is 3.48. The van der Waals surface area contributed by atoms with Gasteiger partial charge in [-0.2, -0.15) is 5.10 Å². The minimum absolute atomic E-state index is 0.146. The minimum atomic E-state index is -0.171. The standard InChI is InChI=1S/C22H20ClN5O2/c1-15-4-2-6-17(10-15)21(29)24-8-9-28-20-19(12-26-28)22(30)27(14-25-20)13-16-5-3-7-18(23)11-16/h2-7,10-12,14H,8-9,13H2,1H3,(H,24,29). The number of hydrogen-bond acceptors (Lipinski definition) is 4. The first-order valence-corrected chi connectivity index (χ1v) is 9.89. The molecule has 0 atom stereocenters. The molecule has 1 N–H and O–H groups in total. The highest BCUT2D eigenvalue weighted by Gasteiger charge is 2.11. The quantitative estimate of drug-likeness (QED) is 0.518. The normalized spacial score (nSPS) is 11.0. The van der Waals surface area contributed by atoms with Crippen molar-refractivity contribution in [2.24, 2.45) is 0 Å². The Labute approximate surface area is 177 Å². The highest BCUT2D eigenvalue weighted by molar-refractivity contribution is 6.30. The monoisotopic (exact) mass is 421 g/mol. The molecule has 0 saturated heterocycles. The van der Waals surface area contributed by atoms with Crippen LogP contribution in [0.1, 0.15) is 21.5 Å². The van der Waals surface area contributed by atoms with Crippen molar-refractivity contribution in [2.75, 3.05) is 6.54 Å². The first kappa shape index (κ1) is 19.8. The largest absolute Gasteiger partial charge is 0.350 e. The molecular formula is C22H20ClN5O2. The molecule has 2 aromatic heterocycles. The van der Waals surface area contributed by atoms with Gasteiger partial charge in [0.2, 0.25) is 0 Å². The minimum Gasteiger partial charge on any atom is -0.350 e. The van der Waals surface area contributed by atoms with E-state index in [1.54, 1.807) is 16.8 Å². The van der Waals surface area contributed by atoms with Gasteiger partial charge in [0.05, 0.1) is 19.3 Å². The predicted molar refractivity (Wildman–Crippen MR) is 116 cm³/mol. The van der Waals surface area contributed by atoms with E-state index in [9.17, 15) is 9.59 Å². The highest BCUT2D eigenvalue weighted by Crippen LogP contribution is 2.12. The number of nitrogens with one attached hydrogen (secondary N) is 1. The van der Waals surface area contributed by atoms with Crippen LogP contribution in [-0.4, -0.2) is 31.8 Å². The summed E-state index contributed by atoms with van der Waals surface area (Å²) < 4.78 is 3.15. The van der Waals surface area contributed by atoms with Crippen LogP contribution in [0, 0.1) is 6.92 Å². The van der Waals surface area contributed by atoms with Gasteiger partial charge in [-0.25, -0.2) is 9.67 Å². The average molecular weight is 422 g/mol. The van der Waals surface area contributed by atoms with Crippen molar-refractivity contribution in [1.29, 1.82) is 0 Å².